The van der Waals surface area contributed by atoms with Crippen LogP contribution in [0.15, 0.2) is 28.8 Å². The number of benzene rings is 1. The quantitative estimate of drug-likeness (QED) is 0.927. The first-order valence-corrected chi connectivity index (χ1v) is 8.76. The van der Waals surface area contributed by atoms with E-state index in [1.165, 1.54) is 0 Å². The summed E-state index contributed by atoms with van der Waals surface area (Å²) in [5.41, 5.74) is 0.766. The Hall–Kier alpha value is -1.60. The number of nitrogens with zero attached hydrogens (tertiary/aromatic N) is 2. The third kappa shape index (κ3) is 3.54. The summed E-state index contributed by atoms with van der Waals surface area (Å²) in [5, 5.41) is 7.47. The molecule has 112 valence electrons. The molecule has 2 heterocycles. The van der Waals surface area contributed by atoms with E-state index in [-0.39, 0.29) is 23.4 Å². The number of anilines is 1. The maximum Gasteiger partial charge on any atom is 0.321 e. The highest BCUT2D eigenvalue weighted by atomic mass is 35.5. The van der Waals surface area contributed by atoms with Gasteiger partial charge in [0.1, 0.15) is 0 Å². The molecule has 6 nitrogen and oxygen atoms in total. The minimum absolute atomic E-state index is 0.0940. The summed E-state index contributed by atoms with van der Waals surface area (Å²) in [6.45, 7) is 0.510. The number of aromatic nitrogens is 2. The molecule has 1 aromatic heterocycles. The second-order valence-electron chi connectivity index (χ2n) is 5.08. The molecule has 3 rings (SSSR count). The molecule has 21 heavy (non-hydrogen) atoms. The summed E-state index contributed by atoms with van der Waals surface area (Å²) in [4.78, 5) is 4.22. The molecule has 1 N–H and O–H groups in total. The van der Waals surface area contributed by atoms with Gasteiger partial charge in [0.25, 0.3) is 0 Å². The highest BCUT2D eigenvalue weighted by Gasteiger charge is 2.27. The van der Waals surface area contributed by atoms with Gasteiger partial charge in [-0.3, -0.25) is 0 Å². The van der Waals surface area contributed by atoms with Gasteiger partial charge >= 0.3 is 6.01 Å². The van der Waals surface area contributed by atoms with Gasteiger partial charge in [0.2, 0.25) is 5.82 Å². The molecule has 2 aromatic rings. The fourth-order valence-electron chi connectivity index (χ4n) is 2.30. The van der Waals surface area contributed by atoms with Gasteiger partial charge in [0, 0.05) is 17.1 Å². The molecule has 1 aliphatic heterocycles. The Labute approximate surface area is 127 Å². The van der Waals surface area contributed by atoms with Gasteiger partial charge < -0.3 is 9.84 Å². The summed E-state index contributed by atoms with van der Waals surface area (Å²) in [5.74, 6) is 1.02. The van der Waals surface area contributed by atoms with E-state index in [0.29, 0.717) is 23.8 Å². The summed E-state index contributed by atoms with van der Waals surface area (Å²) in [6, 6.07) is 7.45. The van der Waals surface area contributed by atoms with E-state index in [9.17, 15) is 8.42 Å². The van der Waals surface area contributed by atoms with Crippen molar-refractivity contribution in [3.05, 3.63) is 29.3 Å². The average molecular weight is 328 g/mol. The van der Waals surface area contributed by atoms with Crippen LogP contribution in [0, 0.1) is 5.92 Å². The van der Waals surface area contributed by atoms with Gasteiger partial charge in [-0.2, -0.15) is 4.98 Å². The van der Waals surface area contributed by atoms with E-state index >= 15 is 0 Å². The Balaban J connectivity index is 1.63. The van der Waals surface area contributed by atoms with Crippen molar-refractivity contribution in [2.75, 3.05) is 23.4 Å². The van der Waals surface area contributed by atoms with Gasteiger partial charge in [-0.1, -0.05) is 28.9 Å². The van der Waals surface area contributed by atoms with Crippen LogP contribution in [0.1, 0.15) is 6.42 Å². The second-order valence-corrected chi connectivity index (χ2v) is 7.75. The summed E-state index contributed by atoms with van der Waals surface area (Å²) < 4.78 is 27.9. The van der Waals surface area contributed by atoms with Crippen molar-refractivity contribution in [3.8, 4) is 11.4 Å². The van der Waals surface area contributed by atoms with Crippen molar-refractivity contribution in [3.63, 3.8) is 0 Å². The van der Waals surface area contributed by atoms with Crippen LogP contribution in [0.5, 0.6) is 0 Å². The highest BCUT2D eigenvalue weighted by Crippen LogP contribution is 2.22. The third-order valence-corrected chi connectivity index (χ3v) is 5.45. The van der Waals surface area contributed by atoms with Crippen molar-refractivity contribution >= 4 is 27.5 Å². The third-order valence-electron chi connectivity index (χ3n) is 3.38. The molecule has 1 aromatic carbocycles. The topological polar surface area (TPSA) is 85.1 Å². The molecule has 1 aliphatic rings. The minimum atomic E-state index is -2.86. The van der Waals surface area contributed by atoms with E-state index in [4.69, 9.17) is 16.1 Å². The number of hydrogen-bond donors (Lipinski definition) is 1. The van der Waals surface area contributed by atoms with Gasteiger partial charge in [0.15, 0.2) is 9.84 Å². The van der Waals surface area contributed by atoms with Crippen molar-refractivity contribution in [2.24, 2.45) is 5.92 Å². The van der Waals surface area contributed by atoms with Crippen molar-refractivity contribution in [1.29, 1.82) is 0 Å². The number of rotatable bonds is 4. The van der Waals surface area contributed by atoms with Crippen molar-refractivity contribution in [2.45, 2.75) is 6.42 Å². The monoisotopic (exact) mass is 327 g/mol. The maximum atomic E-state index is 11.4. The molecule has 1 fully saturated rings. The maximum absolute atomic E-state index is 11.4. The van der Waals surface area contributed by atoms with Crippen LogP contribution >= 0.6 is 11.6 Å². The predicted molar refractivity (Wildman–Crippen MR) is 80.0 cm³/mol. The van der Waals surface area contributed by atoms with Gasteiger partial charge in [-0.25, -0.2) is 8.42 Å². The normalized spacial score (nSPS) is 20.5. The van der Waals surface area contributed by atoms with E-state index in [2.05, 4.69) is 15.5 Å². The molecule has 1 unspecified atom stereocenters. The summed E-state index contributed by atoms with van der Waals surface area (Å²) in [6.07, 6.45) is 0.671. The van der Waals surface area contributed by atoms with Crippen LogP contribution in [0.4, 0.5) is 6.01 Å². The summed E-state index contributed by atoms with van der Waals surface area (Å²) >= 11 is 5.92. The van der Waals surface area contributed by atoms with Crippen LogP contribution in [0.3, 0.4) is 0 Å². The minimum Gasteiger partial charge on any atom is -0.337 e. The summed E-state index contributed by atoms with van der Waals surface area (Å²) in [7, 11) is -2.86. The molecular weight excluding hydrogens is 314 g/mol. The predicted octanol–water partition coefficient (Wildman–Crippen LogP) is 2.24. The Kier molecular flexibility index (Phi) is 3.86. The molecule has 1 saturated heterocycles. The first kappa shape index (κ1) is 14.3. The number of halogens is 1. The zero-order chi connectivity index (χ0) is 14.9. The lowest BCUT2D eigenvalue weighted by molar-refractivity contribution is 0.429. The lowest BCUT2D eigenvalue weighted by Crippen LogP contribution is -2.15. The Morgan fingerprint density at radius 1 is 1.43 bits per heavy atom. The van der Waals surface area contributed by atoms with E-state index < -0.39 is 9.84 Å². The Morgan fingerprint density at radius 3 is 3.00 bits per heavy atom. The molecule has 8 heteroatoms. The highest BCUT2D eigenvalue weighted by molar-refractivity contribution is 7.91. The molecule has 0 spiro atoms. The van der Waals surface area contributed by atoms with Crippen LogP contribution < -0.4 is 5.32 Å². The van der Waals surface area contributed by atoms with E-state index in [0.717, 1.165) is 5.56 Å². The Morgan fingerprint density at radius 2 is 2.29 bits per heavy atom. The SMILES string of the molecule is O=S1(=O)CCC(CNc2nc(-c3cccc(Cl)c3)no2)C1. The molecular formula is C13H14ClN3O3S. The molecule has 0 saturated carbocycles. The fraction of sp³-hybridized carbons (Fsp3) is 0.385. The van der Waals surface area contributed by atoms with Crippen LogP contribution in [-0.2, 0) is 9.84 Å². The number of nitrogens with one attached hydrogen (secondary N) is 1. The van der Waals surface area contributed by atoms with Gasteiger partial charge in [0.05, 0.1) is 11.5 Å². The molecule has 0 amide bonds. The Bertz CT molecular complexity index is 745. The number of hydrogen-bond acceptors (Lipinski definition) is 6. The van der Waals surface area contributed by atoms with E-state index in [1.807, 2.05) is 12.1 Å². The second kappa shape index (κ2) is 5.65. The average Bonchev–Trinajstić information content (AvgIpc) is 3.03. The largest absolute Gasteiger partial charge is 0.337 e. The van der Waals surface area contributed by atoms with Crippen molar-refractivity contribution < 1.29 is 12.9 Å². The molecule has 0 bridgehead atoms. The van der Waals surface area contributed by atoms with Crippen molar-refractivity contribution in [1.82, 2.24) is 10.1 Å². The lowest BCUT2D eigenvalue weighted by atomic mass is 10.1. The van der Waals surface area contributed by atoms with Crippen LogP contribution in [0.2, 0.25) is 5.02 Å². The standard InChI is InChI=1S/C13H14ClN3O3S/c14-11-3-1-2-10(6-11)12-16-13(20-17-12)15-7-9-4-5-21(18,19)8-9/h1-3,6,9H,4-5,7-8H2,(H,15,16,17). The first-order chi connectivity index (χ1) is 10.0. The fourth-order valence-corrected chi connectivity index (χ4v) is 4.36. The first-order valence-electron chi connectivity index (χ1n) is 6.56. The zero-order valence-electron chi connectivity index (χ0n) is 11.1. The molecule has 1 atom stereocenters. The molecule has 0 aliphatic carbocycles. The number of sulfone groups is 1. The lowest BCUT2D eigenvalue weighted by Gasteiger charge is -2.06. The van der Waals surface area contributed by atoms with Gasteiger partial charge in [-0.15, -0.1) is 0 Å². The van der Waals surface area contributed by atoms with Gasteiger partial charge in [-0.05, 0) is 24.5 Å². The van der Waals surface area contributed by atoms with E-state index in [1.54, 1.807) is 12.1 Å². The smallest absolute Gasteiger partial charge is 0.321 e. The zero-order valence-corrected chi connectivity index (χ0v) is 12.7. The van der Waals surface area contributed by atoms with Crippen LogP contribution in [-0.4, -0.2) is 36.6 Å². The molecule has 0 radical (unpaired) electrons. The van der Waals surface area contributed by atoms with Crippen LogP contribution in [0.25, 0.3) is 11.4 Å².